The van der Waals surface area contributed by atoms with Gasteiger partial charge >= 0.3 is 5.97 Å². The molecule has 0 radical (unpaired) electrons. The summed E-state index contributed by atoms with van der Waals surface area (Å²) in [5, 5.41) is 3.93. The molecule has 2 heterocycles. The second-order valence-corrected chi connectivity index (χ2v) is 4.70. The number of carbonyl (C=O) groups is 1. The van der Waals surface area contributed by atoms with Crippen molar-refractivity contribution in [3.05, 3.63) is 18.6 Å². The van der Waals surface area contributed by atoms with Gasteiger partial charge in [-0.3, -0.25) is 9.80 Å². The van der Waals surface area contributed by atoms with Crippen molar-refractivity contribution in [1.29, 1.82) is 0 Å². The maximum Gasteiger partial charge on any atom is 0.307 e. The normalized spacial score (nSPS) is 19.6. The first-order chi connectivity index (χ1) is 9.70. The van der Waals surface area contributed by atoms with Crippen LogP contribution >= 0.6 is 11.6 Å². The maximum absolute atomic E-state index is 11.3. The number of carbonyl (C=O) groups excluding carboxylic acids is 1. The molecule has 1 aliphatic rings. The summed E-state index contributed by atoms with van der Waals surface area (Å²) in [6.45, 7) is 2.22. The minimum Gasteiger partial charge on any atom is -0.469 e. The number of anilines is 1. The van der Waals surface area contributed by atoms with Crippen molar-refractivity contribution in [3.63, 3.8) is 0 Å². The van der Waals surface area contributed by atoms with Gasteiger partial charge in [0.1, 0.15) is 17.7 Å². The molecule has 0 bridgehead atoms. The molecule has 1 unspecified atom stereocenters. The molecule has 0 amide bonds. The highest BCUT2D eigenvalue weighted by Crippen LogP contribution is 2.17. The molecule has 0 N–H and O–H groups in total. The van der Waals surface area contributed by atoms with Gasteiger partial charge in [-0.15, -0.1) is 0 Å². The minimum absolute atomic E-state index is 0.264. The van der Waals surface area contributed by atoms with Crippen molar-refractivity contribution in [2.24, 2.45) is 0 Å². The Bertz CT molecular complexity index is 434. The zero-order valence-corrected chi connectivity index (χ0v) is 12.0. The van der Waals surface area contributed by atoms with Gasteiger partial charge in [-0.05, 0) is 0 Å². The summed E-state index contributed by atoms with van der Waals surface area (Å²) < 4.78 is 9.99. The molecule has 7 nitrogen and oxygen atoms in total. The zero-order valence-electron chi connectivity index (χ0n) is 11.2. The molecular weight excluding hydrogens is 284 g/mol. The molecule has 1 aromatic heterocycles. The Kier molecular flexibility index (Phi) is 5.51. The van der Waals surface area contributed by atoms with Gasteiger partial charge in [-0.1, -0.05) is 11.6 Å². The fourth-order valence-corrected chi connectivity index (χ4v) is 2.20. The van der Waals surface area contributed by atoms with Crippen LogP contribution < -0.4 is 5.01 Å². The van der Waals surface area contributed by atoms with Crippen LogP contribution in [0.3, 0.4) is 0 Å². The van der Waals surface area contributed by atoms with E-state index in [0.29, 0.717) is 26.2 Å². The summed E-state index contributed by atoms with van der Waals surface area (Å²) in [5.74, 6) is 0.453. The predicted octanol–water partition coefficient (Wildman–Crippen LogP) is 0.658. The first kappa shape index (κ1) is 15.0. The third-order valence-corrected chi connectivity index (χ3v) is 3.19. The quantitative estimate of drug-likeness (QED) is 0.584. The van der Waals surface area contributed by atoms with Crippen LogP contribution in [0.25, 0.3) is 0 Å². The van der Waals surface area contributed by atoms with Gasteiger partial charge in [-0.25, -0.2) is 15.0 Å². The lowest BCUT2D eigenvalue weighted by molar-refractivity contribution is -0.140. The highest BCUT2D eigenvalue weighted by molar-refractivity contribution is 6.19. The average Bonchev–Trinajstić information content (AvgIpc) is 2.48. The van der Waals surface area contributed by atoms with Crippen LogP contribution in [-0.4, -0.2) is 59.9 Å². The monoisotopic (exact) mass is 300 g/mol. The van der Waals surface area contributed by atoms with Crippen molar-refractivity contribution in [2.75, 3.05) is 38.4 Å². The van der Waals surface area contributed by atoms with Gasteiger partial charge in [0.25, 0.3) is 0 Å². The van der Waals surface area contributed by atoms with Crippen molar-refractivity contribution in [2.45, 2.75) is 12.0 Å². The van der Waals surface area contributed by atoms with Crippen molar-refractivity contribution in [1.82, 2.24) is 15.0 Å². The Morgan fingerprint density at radius 1 is 1.70 bits per heavy atom. The van der Waals surface area contributed by atoms with Crippen LogP contribution in [0.5, 0.6) is 0 Å². The lowest BCUT2D eigenvalue weighted by Gasteiger charge is -2.39. The SMILES string of the molecule is COC(=O)CCN(c1ccncn1)N1CCOC(Cl)C1. The van der Waals surface area contributed by atoms with Crippen LogP contribution in [0.1, 0.15) is 6.42 Å². The molecule has 20 heavy (non-hydrogen) atoms. The van der Waals surface area contributed by atoms with Crippen LogP contribution in [0.15, 0.2) is 18.6 Å². The van der Waals surface area contributed by atoms with Crippen LogP contribution in [0, 0.1) is 0 Å². The molecule has 0 aliphatic carbocycles. The van der Waals surface area contributed by atoms with Gasteiger partial charge in [0.05, 0.1) is 26.7 Å². The number of alkyl halides is 1. The van der Waals surface area contributed by atoms with E-state index < -0.39 is 0 Å². The number of halogens is 1. The first-order valence-corrected chi connectivity index (χ1v) is 6.75. The lowest BCUT2D eigenvalue weighted by atomic mass is 10.4. The number of hydrogen-bond acceptors (Lipinski definition) is 7. The fraction of sp³-hybridized carbons (Fsp3) is 0.583. The van der Waals surface area contributed by atoms with Gasteiger partial charge in [-0.2, -0.15) is 0 Å². The molecule has 1 aromatic rings. The molecule has 1 fully saturated rings. The number of hydrazine groups is 1. The standard InChI is InChI=1S/C12H17ClN4O3/c1-19-12(18)3-5-17(11-2-4-14-9-15-11)16-6-7-20-10(13)8-16/h2,4,9-10H,3,5-8H2,1H3. The topological polar surface area (TPSA) is 67.8 Å². The number of nitrogens with zero attached hydrogens (tertiary/aromatic N) is 4. The predicted molar refractivity (Wildman–Crippen MR) is 73.2 cm³/mol. The van der Waals surface area contributed by atoms with E-state index in [1.54, 1.807) is 12.3 Å². The Balaban J connectivity index is 2.09. The van der Waals surface area contributed by atoms with Gasteiger partial charge in [0.2, 0.25) is 0 Å². The number of ether oxygens (including phenoxy) is 2. The van der Waals surface area contributed by atoms with E-state index in [2.05, 4.69) is 14.7 Å². The summed E-state index contributed by atoms with van der Waals surface area (Å²) in [6, 6.07) is 1.79. The Hall–Kier alpha value is -1.44. The van der Waals surface area contributed by atoms with Crippen molar-refractivity contribution >= 4 is 23.4 Å². The van der Waals surface area contributed by atoms with E-state index in [1.807, 2.05) is 10.0 Å². The van der Waals surface area contributed by atoms with Crippen molar-refractivity contribution in [3.8, 4) is 0 Å². The number of esters is 1. The van der Waals surface area contributed by atoms with Gasteiger partial charge in [0, 0.05) is 25.4 Å². The van der Waals surface area contributed by atoms with E-state index in [1.165, 1.54) is 13.4 Å². The third kappa shape index (κ3) is 4.03. The van der Waals surface area contributed by atoms with Crippen LogP contribution in [0.2, 0.25) is 0 Å². The summed E-state index contributed by atoms with van der Waals surface area (Å²) in [4.78, 5) is 19.5. The van der Waals surface area contributed by atoms with Crippen molar-refractivity contribution < 1.29 is 14.3 Å². The number of morpholine rings is 1. The molecule has 0 aromatic carbocycles. The molecule has 1 atom stereocenters. The maximum atomic E-state index is 11.3. The Labute approximate surface area is 122 Å². The fourth-order valence-electron chi connectivity index (χ4n) is 1.95. The summed E-state index contributed by atoms with van der Waals surface area (Å²) in [5.41, 5.74) is -0.369. The minimum atomic E-state index is -0.369. The molecule has 0 spiro atoms. The molecule has 1 aliphatic heterocycles. The second-order valence-electron chi connectivity index (χ2n) is 4.21. The smallest absolute Gasteiger partial charge is 0.307 e. The van der Waals surface area contributed by atoms with Crippen LogP contribution in [0.4, 0.5) is 5.82 Å². The van der Waals surface area contributed by atoms with E-state index >= 15 is 0 Å². The van der Waals surface area contributed by atoms with E-state index in [-0.39, 0.29) is 18.0 Å². The Morgan fingerprint density at radius 2 is 2.55 bits per heavy atom. The summed E-state index contributed by atoms with van der Waals surface area (Å²) >= 11 is 6.02. The van der Waals surface area contributed by atoms with Crippen LogP contribution in [-0.2, 0) is 14.3 Å². The third-order valence-electron chi connectivity index (χ3n) is 2.93. The summed E-state index contributed by atoms with van der Waals surface area (Å²) in [7, 11) is 1.38. The second kappa shape index (κ2) is 7.37. The van der Waals surface area contributed by atoms with Gasteiger partial charge in [0.15, 0.2) is 0 Å². The molecule has 0 saturated carbocycles. The number of methoxy groups -OCH3 is 1. The molecule has 2 rings (SSSR count). The largest absolute Gasteiger partial charge is 0.469 e. The number of rotatable bonds is 5. The first-order valence-electron chi connectivity index (χ1n) is 6.31. The lowest BCUT2D eigenvalue weighted by Crippen LogP contribution is -2.52. The Morgan fingerprint density at radius 3 is 3.20 bits per heavy atom. The zero-order chi connectivity index (χ0) is 14.4. The number of hydrogen-bond donors (Lipinski definition) is 0. The average molecular weight is 301 g/mol. The highest BCUT2D eigenvalue weighted by Gasteiger charge is 2.25. The van der Waals surface area contributed by atoms with Gasteiger partial charge < -0.3 is 9.47 Å². The molecule has 8 heteroatoms. The molecule has 1 saturated heterocycles. The molecular formula is C12H17ClN4O3. The summed E-state index contributed by atoms with van der Waals surface area (Å²) in [6.07, 6.45) is 3.40. The van der Waals surface area contributed by atoms with E-state index in [0.717, 1.165) is 5.82 Å². The number of aromatic nitrogens is 2. The molecule has 110 valence electrons. The van der Waals surface area contributed by atoms with E-state index in [4.69, 9.17) is 16.3 Å². The van der Waals surface area contributed by atoms with E-state index in [9.17, 15) is 4.79 Å². The highest BCUT2D eigenvalue weighted by atomic mass is 35.5.